The third-order valence-electron chi connectivity index (χ3n) is 4.04. The van der Waals surface area contributed by atoms with Crippen molar-refractivity contribution in [3.63, 3.8) is 0 Å². The van der Waals surface area contributed by atoms with E-state index in [-0.39, 0.29) is 17.4 Å². The summed E-state index contributed by atoms with van der Waals surface area (Å²) in [4.78, 5) is 19.5. The Bertz CT molecular complexity index is 901. The molecule has 0 aliphatic carbocycles. The van der Waals surface area contributed by atoms with E-state index in [2.05, 4.69) is 36.1 Å². The second-order valence-corrected chi connectivity index (χ2v) is 5.89. The van der Waals surface area contributed by atoms with Crippen molar-refractivity contribution >= 4 is 27.5 Å². The van der Waals surface area contributed by atoms with Crippen LogP contribution in [-0.4, -0.2) is 16.0 Å². The van der Waals surface area contributed by atoms with Crippen molar-refractivity contribution in [1.29, 1.82) is 0 Å². The van der Waals surface area contributed by atoms with Crippen LogP contribution in [0.1, 0.15) is 20.8 Å². The van der Waals surface area contributed by atoms with Crippen molar-refractivity contribution in [2.24, 2.45) is 5.92 Å². The minimum absolute atomic E-state index is 0.202. The molecule has 0 spiro atoms. The molecule has 2 aromatic heterocycles. The molecule has 0 aliphatic heterocycles. The maximum absolute atomic E-state index is 13.6. The van der Waals surface area contributed by atoms with E-state index in [1.165, 1.54) is 12.1 Å². The summed E-state index contributed by atoms with van der Waals surface area (Å²) in [7, 11) is 0. The van der Waals surface area contributed by atoms with Crippen molar-refractivity contribution in [2.45, 2.75) is 26.8 Å². The normalized spacial score (nSPS) is 13.0. The molecule has 0 amide bonds. The fourth-order valence-corrected chi connectivity index (χ4v) is 2.42. The molecule has 3 rings (SSSR count). The first kappa shape index (κ1) is 14.5. The summed E-state index contributed by atoms with van der Waals surface area (Å²) in [5, 5.41) is 5.05. The molecule has 1 aromatic carbocycles. The maximum Gasteiger partial charge on any atom is 0.256 e. The van der Waals surface area contributed by atoms with Gasteiger partial charge in [0.25, 0.3) is 5.56 Å². The number of aromatic amines is 1. The summed E-state index contributed by atoms with van der Waals surface area (Å²) in [6.07, 6.45) is 1.59. The van der Waals surface area contributed by atoms with Crippen LogP contribution in [0.5, 0.6) is 0 Å². The zero-order chi connectivity index (χ0) is 15.9. The number of nitrogens with zero attached hydrogens (tertiary/aromatic N) is 1. The number of hydrogen-bond acceptors (Lipinski definition) is 3. The van der Waals surface area contributed by atoms with Crippen LogP contribution in [0.3, 0.4) is 0 Å². The lowest BCUT2D eigenvalue weighted by atomic mass is 10.0. The summed E-state index contributed by atoms with van der Waals surface area (Å²) in [5.74, 6) is 0.694. The number of aromatic nitrogens is 2. The molecule has 3 aromatic rings. The minimum atomic E-state index is -0.380. The lowest BCUT2D eigenvalue weighted by molar-refractivity contribution is 0.559. The van der Waals surface area contributed by atoms with E-state index in [9.17, 15) is 9.18 Å². The monoisotopic (exact) mass is 299 g/mol. The Balaban J connectivity index is 2.35. The largest absolute Gasteiger partial charge is 0.367 e. The zero-order valence-corrected chi connectivity index (χ0v) is 12.8. The van der Waals surface area contributed by atoms with Gasteiger partial charge in [0.2, 0.25) is 0 Å². The zero-order valence-electron chi connectivity index (χ0n) is 12.8. The van der Waals surface area contributed by atoms with Gasteiger partial charge in [-0.3, -0.25) is 4.79 Å². The van der Waals surface area contributed by atoms with Crippen LogP contribution in [0.15, 0.2) is 35.3 Å². The van der Waals surface area contributed by atoms with E-state index in [1.807, 2.05) is 0 Å². The molecule has 0 saturated heterocycles. The highest BCUT2D eigenvalue weighted by Gasteiger charge is 2.14. The van der Waals surface area contributed by atoms with Crippen LogP contribution >= 0.6 is 0 Å². The summed E-state index contributed by atoms with van der Waals surface area (Å²) in [6, 6.07) is 6.31. The molecule has 5 heteroatoms. The topological polar surface area (TPSA) is 57.8 Å². The minimum Gasteiger partial charge on any atom is -0.367 e. The molecule has 1 unspecified atom stereocenters. The van der Waals surface area contributed by atoms with E-state index in [1.54, 1.807) is 18.3 Å². The van der Waals surface area contributed by atoms with Crippen LogP contribution in [0.4, 0.5) is 10.2 Å². The average molecular weight is 299 g/mol. The fraction of sp³-hybridized carbons (Fsp3) is 0.294. The van der Waals surface area contributed by atoms with E-state index in [0.717, 1.165) is 0 Å². The first-order chi connectivity index (χ1) is 10.5. The first-order valence-corrected chi connectivity index (χ1v) is 7.34. The number of halogens is 1. The average Bonchev–Trinajstić information content (AvgIpc) is 2.47. The van der Waals surface area contributed by atoms with E-state index in [4.69, 9.17) is 0 Å². The number of rotatable bonds is 3. The summed E-state index contributed by atoms with van der Waals surface area (Å²) in [5.41, 5.74) is 0.361. The van der Waals surface area contributed by atoms with Gasteiger partial charge in [-0.25, -0.2) is 9.37 Å². The van der Waals surface area contributed by atoms with Gasteiger partial charge in [-0.2, -0.15) is 0 Å². The van der Waals surface area contributed by atoms with Crippen LogP contribution < -0.4 is 10.9 Å². The number of fused-ring (bicyclic) bond motifs is 3. The van der Waals surface area contributed by atoms with Crippen LogP contribution in [0, 0.1) is 11.7 Å². The van der Waals surface area contributed by atoms with Crippen molar-refractivity contribution in [2.75, 3.05) is 5.32 Å². The molecule has 114 valence electrons. The third-order valence-corrected chi connectivity index (χ3v) is 4.04. The second-order valence-electron chi connectivity index (χ2n) is 5.89. The maximum atomic E-state index is 13.6. The van der Waals surface area contributed by atoms with Crippen molar-refractivity contribution in [1.82, 2.24) is 9.97 Å². The molecular weight excluding hydrogens is 281 g/mol. The highest BCUT2D eigenvalue weighted by Crippen LogP contribution is 2.28. The Morgan fingerprint density at radius 1 is 1.18 bits per heavy atom. The predicted octanol–water partition coefficient (Wildman–Crippen LogP) is 3.67. The number of pyridine rings is 2. The number of hydrogen-bond donors (Lipinski definition) is 2. The molecule has 2 heterocycles. The predicted molar refractivity (Wildman–Crippen MR) is 87.8 cm³/mol. The second kappa shape index (κ2) is 5.40. The Labute approximate surface area is 127 Å². The quantitative estimate of drug-likeness (QED) is 0.725. The third kappa shape index (κ3) is 2.43. The van der Waals surface area contributed by atoms with Gasteiger partial charge < -0.3 is 10.3 Å². The van der Waals surface area contributed by atoms with Crippen molar-refractivity contribution < 1.29 is 4.39 Å². The van der Waals surface area contributed by atoms with Gasteiger partial charge in [-0.1, -0.05) is 13.8 Å². The molecule has 0 saturated carbocycles. The summed E-state index contributed by atoms with van der Waals surface area (Å²) >= 11 is 0. The van der Waals surface area contributed by atoms with Crippen LogP contribution in [0.2, 0.25) is 0 Å². The van der Waals surface area contributed by atoms with E-state index >= 15 is 0 Å². The first-order valence-electron chi connectivity index (χ1n) is 7.34. The van der Waals surface area contributed by atoms with Gasteiger partial charge >= 0.3 is 0 Å². The Hall–Kier alpha value is -2.43. The number of H-pyrrole nitrogens is 1. The molecular formula is C17H18FN3O. The fourth-order valence-electron chi connectivity index (χ4n) is 2.42. The van der Waals surface area contributed by atoms with Gasteiger partial charge in [-0.05, 0) is 37.1 Å². The SMILES string of the molecule is CC(C)C(C)Nc1nc2ccc(F)cc2c2c(=O)[nH]ccc12. The van der Waals surface area contributed by atoms with Gasteiger partial charge in [0.15, 0.2) is 0 Å². The molecule has 0 bridgehead atoms. The highest BCUT2D eigenvalue weighted by molar-refractivity contribution is 6.09. The molecule has 4 nitrogen and oxygen atoms in total. The lowest BCUT2D eigenvalue weighted by Crippen LogP contribution is -2.22. The Morgan fingerprint density at radius 2 is 1.95 bits per heavy atom. The number of anilines is 1. The van der Waals surface area contributed by atoms with Crippen LogP contribution in [-0.2, 0) is 0 Å². The molecule has 0 radical (unpaired) electrons. The molecule has 22 heavy (non-hydrogen) atoms. The van der Waals surface area contributed by atoms with Gasteiger partial charge in [-0.15, -0.1) is 0 Å². The molecule has 0 fully saturated rings. The standard InChI is InChI=1S/C17H18FN3O/c1-9(2)10(3)20-16-12-6-7-19-17(22)15(12)13-8-11(18)4-5-14(13)21-16/h4-10H,1-3H3,(H,19,22)(H,20,21). The molecule has 0 aliphatic rings. The highest BCUT2D eigenvalue weighted by atomic mass is 19.1. The molecule has 2 N–H and O–H groups in total. The van der Waals surface area contributed by atoms with Crippen molar-refractivity contribution in [3.8, 4) is 0 Å². The van der Waals surface area contributed by atoms with E-state index in [0.29, 0.717) is 33.4 Å². The van der Waals surface area contributed by atoms with Crippen LogP contribution in [0.25, 0.3) is 21.7 Å². The smallest absolute Gasteiger partial charge is 0.256 e. The van der Waals surface area contributed by atoms with Gasteiger partial charge in [0, 0.05) is 23.0 Å². The van der Waals surface area contributed by atoms with Crippen molar-refractivity contribution in [3.05, 3.63) is 46.6 Å². The summed E-state index contributed by atoms with van der Waals surface area (Å²) in [6.45, 7) is 6.30. The number of nitrogens with one attached hydrogen (secondary N) is 2. The van der Waals surface area contributed by atoms with Gasteiger partial charge in [0.1, 0.15) is 11.6 Å². The van der Waals surface area contributed by atoms with E-state index < -0.39 is 0 Å². The number of benzene rings is 1. The lowest BCUT2D eigenvalue weighted by Gasteiger charge is -2.19. The molecule has 1 atom stereocenters. The van der Waals surface area contributed by atoms with Gasteiger partial charge in [0.05, 0.1) is 10.9 Å². The Kier molecular flexibility index (Phi) is 3.56. The Morgan fingerprint density at radius 3 is 2.68 bits per heavy atom. The summed E-state index contributed by atoms with van der Waals surface area (Å²) < 4.78 is 13.6.